The van der Waals surface area contributed by atoms with Crippen molar-refractivity contribution in [2.45, 2.75) is 0 Å². The molecule has 0 saturated carbocycles. The Hall–Kier alpha value is -3.87. The fourth-order valence-electron chi connectivity index (χ4n) is 3.08. The number of H-pyrrole nitrogens is 1. The minimum atomic E-state index is -0.441. The van der Waals surface area contributed by atoms with E-state index in [1.54, 1.807) is 43.5 Å². The summed E-state index contributed by atoms with van der Waals surface area (Å²) in [6, 6.07) is 13.5. The average molecular weight is 376 g/mol. The Morgan fingerprint density at radius 1 is 1.11 bits per heavy atom. The van der Waals surface area contributed by atoms with Crippen LogP contribution in [0.2, 0.25) is 0 Å². The van der Waals surface area contributed by atoms with Crippen molar-refractivity contribution in [2.24, 2.45) is 0 Å². The standard InChI is InChI=1S/C21H16N2O5/c1-26-20-11-17-14(9-15(20)19-6-7-22-28-19)18(24)10-16(23-17)12-4-3-5-13(8-12)21(25)27-2/h3-11H,1-2H3,(H,23,24). The fourth-order valence-corrected chi connectivity index (χ4v) is 3.08. The number of esters is 1. The van der Waals surface area contributed by atoms with E-state index in [-0.39, 0.29) is 5.43 Å². The number of aromatic amines is 1. The first-order chi connectivity index (χ1) is 13.6. The molecule has 2 aromatic heterocycles. The van der Waals surface area contributed by atoms with E-state index in [4.69, 9.17) is 14.0 Å². The number of benzene rings is 2. The molecule has 7 nitrogen and oxygen atoms in total. The minimum Gasteiger partial charge on any atom is -0.496 e. The molecular formula is C21H16N2O5. The second kappa shape index (κ2) is 7.03. The highest BCUT2D eigenvalue weighted by atomic mass is 16.5. The topological polar surface area (TPSA) is 94.4 Å². The summed E-state index contributed by atoms with van der Waals surface area (Å²) < 4.78 is 15.4. The number of carbonyl (C=O) groups excluding carboxylic acids is 1. The Kier molecular flexibility index (Phi) is 4.41. The van der Waals surface area contributed by atoms with Crippen LogP contribution in [0.5, 0.6) is 5.75 Å². The number of hydrogen-bond acceptors (Lipinski definition) is 6. The predicted octanol–water partition coefficient (Wildman–Crippen LogP) is 3.65. The summed E-state index contributed by atoms with van der Waals surface area (Å²) in [4.78, 5) is 27.8. The van der Waals surface area contributed by atoms with E-state index in [1.807, 2.05) is 6.07 Å². The first-order valence-electron chi connectivity index (χ1n) is 8.45. The second-order valence-corrected chi connectivity index (χ2v) is 6.09. The molecule has 28 heavy (non-hydrogen) atoms. The van der Waals surface area contributed by atoms with Crippen LogP contribution < -0.4 is 10.2 Å². The summed E-state index contributed by atoms with van der Waals surface area (Å²) in [7, 11) is 2.87. The molecule has 0 radical (unpaired) electrons. The molecule has 2 heterocycles. The molecule has 0 atom stereocenters. The molecule has 2 aromatic carbocycles. The van der Waals surface area contributed by atoms with Crippen molar-refractivity contribution >= 4 is 16.9 Å². The molecule has 4 rings (SSSR count). The Balaban J connectivity index is 1.89. The smallest absolute Gasteiger partial charge is 0.337 e. The van der Waals surface area contributed by atoms with E-state index in [1.165, 1.54) is 19.4 Å². The van der Waals surface area contributed by atoms with Crippen LogP contribution in [0.4, 0.5) is 0 Å². The van der Waals surface area contributed by atoms with E-state index in [0.717, 1.165) is 0 Å². The number of aromatic nitrogens is 2. The molecule has 0 bridgehead atoms. The van der Waals surface area contributed by atoms with E-state index < -0.39 is 5.97 Å². The molecule has 0 aliphatic carbocycles. The van der Waals surface area contributed by atoms with E-state index in [2.05, 4.69) is 10.1 Å². The van der Waals surface area contributed by atoms with Crippen molar-refractivity contribution in [2.75, 3.05) is 14.2 Å². The van der Waals surface area contributed by atoms with Gasteiger partial charge in [0.05, 0.1) is 37.1 Å². The van der Waals surface area contributed by atoms with Crippen molar-refractivity contribution in [3.63, 3.8) is 0 Å². The van der Waals surface area contributed by atoms with Crippen molar-refractivity contribution in [3.05, 3.63) is 70.5 Å². The maximum Gasteiger partial charge on any atom is 0.337 e. The van der Waals surface area contributed by atoms with Crippen LogP contribution in [0.1, 0.15) is 10.4 Å². The molecule has 0 spiro atoms. The lowest BCUT2D eigenvalue weighted by Gasteiger charge is -2.10. The van der Waals surface area contributed by atoms with E-state index in [0.29, 0.717) is 44.8 Å². The number of carbonyl (C=O) groups is 1. The van der Waals surface area contributed by atoms with Gasteiger partial charge in [-0.25, -0.2) is 4.79 Å². The highest BCUT2D eigenvalue weighted by Crippen LogP contribution is 2.33. The van der Waals surface area contributed by atoms with Gasteiger partial charge in [0.15, 0.2) is 11.2 Å². The summed E-state index contributed by atoms with van der Waals surface area (Å²) >= 11 is 0. The largest absolute Gasteiger partial charge is 0.496 e. The molecular weight excluding hydrogens is 360 g/mol. The number of hydrogen-bond donors (Lipinski definition) is 1. The zero-order valence-electron chi connectivity index (χ0n) is 15.2. The molecule has 0 saturated heterocycles. The Morgan fingerprint density at radius 2 is 1.96 bits per heavy atom. The monoisotopic (exact) mass is 376 g/mol. The number of nitrogens with zero attached hydrogens (tertiary/aromatic N) is 1. The van der Waals surface area contributed by atoms with Gasteiger partial charge < -0.3 is 19.0 Å². The van der Waals surface area contributed by atoms with E-state index in [9.17, 15) is 9.59 Å². The van der Waals surface area contributed by atoms with Gasteiger partial charge in [-0.3, -0.25) is 4.79 Å². The van der Waals surface area contributed by atoms with Gasteiger partial charge in [-0.15, -0.1) is 0 Å². The van der Waals surface area contributed by atoms with Crippen LogP contribution >= 0.6 is 0 Å². The minimum absolute atomic E-state index is 0.171. The first kappa shape index (κ1) is 17.5. The molecule has 7 heteroatoms. The predicted molar refractivity (Wildman–Crippen MR) is 103 cm³/mol. The number of rotatable bonds is 4. The molecule has 0 fully saturated rings. The Bertz CT molecular complexity index is 1230. The molecule has 0 unspecified atom stereocenters. The third-order valence-corrected chi connectivity index (χ3v) is 4.45. The SMILES string of the molecule is COC(=O)c1cccc(-c2cc(=O)c3cc(-c4ccno4)c(OC)cc3[nH]2)c1. The molecule has 140 valence electrons. The van der Waals surface area contributed by atoms with E-state index >= 15 is 0 Å². The lowest BCUT2D eigenvalue weighted by Crippen LogP contribution is -2.05. The number of nitrogens with one attached hydrogen (secondary N) is 1. The van der Waals surface area contributed by atoms with Crippen LogP contribution in [0.3, 0.4) is 0 Å². The third kappa shape index (κ3) is 3.03. The van der Waals surface area contributed by atoms with Crippen LogP contribution in [0, 0.1) is 0 Å². The Labute approximate surface area is 159 Å². The summed E-state index contributed by atoms with van der Waals surface area (Å²) in [5.41, 5.74) is 2.75. The second-order valence-electron chi connectivity index (χ2n) is 6.09. The van der Waals surface area contributed by atoms with Gasteiger partial charge >= 0.3 is 5.97 Å². The highest BCUT2D eigenvalue weighted by molar-refractivity contribution is 5.92. The number of methoxy groups -OCH3 is 2. The van der Waals surface area contributed by atoms with Crippen molar-refractivity contribution in [1.29, 1.82) is 0 Å². The summed E-state index contributed by atoms with van der Waals surface area (Å²) in [6.07, 6.45) is 1.53. The zero-order valence-corrected chi connectivity index (χ0v) is 15.2. The van der Waals surface area contributed by atoms with Crippen molar-refractivity contribution in [3.8, 4) is 28.3 Å². The average Bonchev–Trinajstić information content (AvgIpc) is 3.27. The highest BCUT2D eigenvalue weighted by Gasteiger charge is 2.14. The number of ether oxygens (including phenoxy) is 2. The Morgan fingerprint density at radius 3 is 2.68 bits per heavy atom. The zero-order chi connectivity index (χ0) is 19.7. The fraction of sp³-hybridized carbons (Fsp3) is 0.0952. The normalized spacial score (nSPS) is 10.8. The first-order valence-corrected chi connectivity index (χ1v) is 8.45. The quantitative estimate of drug-likeness (QED) is 0.547. The van der Waals surface area contributed by atoms with Gasteiger partial charge in [-0.05, 0) is 23.8 Å². The maximum atomic E-state index is 12.8. The third-order valence-electron chi connectivity index (χ3n) is 4.45. The van der Waals surface area contributed by atoms with Crippen LogP contribution in [-0.4, -0.2) is 30.3 Å². The van der Waals surface area contributed by atoms with Gasteiger partial charge in [0, 0.05) is 29.3 Å². The number of pyridine rings is 1. The van der Waals surface area contributed by atoms with Crippen LogP contribution in [-0.2, 0) is 4.74 Å². The summed E-state index contributed by atoms with van der Waals surface area (Å²) in [5.74, 6) is 0.608. The van der Waals surface area contributed by atoms with Crippen molar-refractivity contribution < 1.29 is 18.8 Å². The van der Waals surface area contributed by atoms with Crippen LogP contribution in [0.15, 0.2) is 64.0 Å². The van der Waals surface area contributed by atoms with Gasteiger partial charge in [0.1, 0.15) is 5.75 Å². The molecule has 1 N–H and O–H groups in total. The molecule has 4 aromatic rings. The maximum absolute atomic E-state index is 12.8. The van der Waals surface area contributed by atoms with Crippen LogP contribution in [0.25, 0.3) is 33.5 Å². The number of fused-ring (bicyclic) bond motifs is 1. The molecule has 0 amide bonds. The van der Waals surface area contributed by atoms with Gasteiger partial charge in [-0.2, -0.15) is 0 Å². The van der Waals surface area contributed by atoms with Gasteiger partial charge in [0.2, 0.25) is 0 Å². The lowest BCUT2D eigenvalue weighted by molar-refractivity contribution is 0.0601. The molecule has 0 aliphatic rings. The summed E-state index contributed by atoms with van der Waals surface area (Å²) in [6.45, 7) is 0. The lowest BCUT2D eigenvalue weighted by atomic mass is 10.0. The van der Waals surface area contributed by atoms with Gasteiger partial charge in [-0.1, -0.05) is 17.3 Å². The van der Waals surface area contributed by atoms with Crippen molar-refractivity contribution in [1.82, 2.24) is 10.1 Å². The summed E-state index contributed by atoms with van der Waals surface area (Å²) in [5, 5.41) is 4.19. The molecule has 0 aliphatic heterocycles. The van der Waals surface area contributed by atoms with Gasteiger partial charge in [0.25, 0.3) is 0 Å².